The van der Waals surface area contributed by atoms with Crippen molar-refractivity contribution in [1.82, 2.24) is 10.6 Å². The summed E-state index contributed by atoms with van der Waals surface area (Å²) in [4.78, 5) is 12.1. The van der Waals surface area contributed by atoms with Crippen LogP contribution < -0.4 is 10.6 Å². The van der Waals surface area contributed by atoms with E-state index in [1.54, 1.807) is 0 Å². The minimum absolute atomic E-state index is 0.0224. The van der Waals surface area contributed by atoms with Gasteiger partial charge in [-0.15, -0.1) is 0 Å². The Morgan fingerprint density at radius 1 is 1.10 bits per heavy atom. The number of halogens is 3. The summed E-state index contributed by atoms with van der Waals surface area (Å²) in [6.45, 7) is 2.40. The Balaban J connectivity index is 1.74. The molecule has 1 aliphatic carbocycles. The highest BCUT2D eigenvalue weighted by atomic mass is 19.4. The first-order chi connectivity index (χ1) is 9.36. The van der Waals surface area contributed by atoms with Crippen LogP contribution in [0, 0.1) is 11.8 Å². The van der Waals surface area contributed by atoms with E-state index in [4.69, 9.17) is 0 Å². The van der Waals surface area contributed by atoms with Gasteiger partial charge in [-0.1, -0.05) is 6.92 Å². The third-order valence-electron chi connectivity index (χ3n) is 4.54. The Morgan fingerprint density at radius 2 is 1.75 bits per heavy atom. The van der Waals surface area contributed by atoms with Gasteiger partial charge in [0.2, 0.25) is 5.91 Å². The molecule has 2 unspecified atom stereocenters. The van der Waals surface area contributed by atoms with Crippen LogP contribution in [0.3, 0.4) is 0 Å². The molecule has 2 rings (SSSR count). The molecule has 2 N–H and O–H groups in total. The summed E-state index contributed by atoms with van der Waals surface area (Å²) in [5.74, 6) is 0.753. The number of hydrogen-bond acceptors (Lipinski definition) is 2. The smallest absolute Gasteiger partial charge is 0.352 e. The first-order valence-electron chi connectivity index (χ1n) is 7.46. The number of carbonyl (C=O) groups excluding carboxylic acids is 1. The van der Waals surface area contributed by atoms with Gasteiger partial charge in [0, 0.05) is 18.5 Å². The van der Waals surface area contributed by atoms with Crippen molar-refractivity contribution in [1.29, 1.82) is 0 Å². The van der Waals surface area contributed by atoms with Crippen LogP contribution in [0.15, 0.2) is 0 Å². The second-order valence-corrected chi connectivity index (χ2v) is 6.24. The van der Waals surface area contributed by atoms with E-state index in [1.165, 1.54) is 0 Å². The maximum absolute atomic E-state index is 12.5. The molecular weight excluding hydrogens is 269 g/mol. The molecular formula is C14H23F3N2O. The van der Waals surface area contributed by atoms with Crippen LogP contribution in [0.1, 0.15) is 45.4 Å². The second-order valence-electron chi connectivity index (χ2n) is 6.24. The topological polar surface area (TPSA) is 41.1 Å². The van der Waals surface area contributed by atoms with E-state index in [2.05, 4.69) is 17.6 Å². The molecule has 1 saturated heterocycles. The number of piperidine rings is 1. The number of rotatable bonds is 2. The molecule has 20 heavy (non-hydrogen) atoms. The van der Waals surface area contributed by atoms with Gasteiger partial charge >= 0.3 is 6.18 Å². The summed E-state index contributed by atoms with van der Waals surface area (Å²) in [5.41, 5.74) is 0. The summed E-state index contributed by atoms with van der Waals surface area (Å²) < 4.78 is 37.5. The van der Waals surface area contributed by atoms with Gasteiger partial charge in [0.1, 0.15) is 6.04 Å². The van der Waals surface area contributed by atoms with E-state index >= 15 is 0 Å². The zero-order valence-corrected chi connectivity index (χ0v) is 11.8. The molecule has 0 aromatic carbocycles. The minimum Gasteiger partial charge on any atom is -0.352 e. The lowest BCUT2D eigenvalue weighted by atomic mass is 9.82. The Kier molecular flexibility index (Phi) is 4.94. The normalized spacial score (nSPS) is 35.6. The molecule has 1 amide bonds. The molecule has 2 atom stereocenters. The van der Waals surface area contributed by atoms with Crippen LogP contribution in [0.2, 0.25) is 0 Å². The van der Waals surface area contributed by atoms with E-state index in [0.717, 1.165) is 25.7 Å². The molecule has 0 aromatic heterocycles. The predicted octanol–water partition coefficient (Wildman–Crippen LogP) is 2.61. The monoisotopic (exact) mass is 292 g/mol. The predicted molar refractivity (Wildman–Crippen MR) is 70.1 cm³/mol. The van der Waals surface area contributed by atoms with Crippen LogP contribution >= 0.6 is 0 Å². The van der Waals surface area contributed by atoms with Gasteiger partial charge in [-0.05, 0) is 44.4 Å². The second kappa shape index (κ2) is 6.33. The van der Waals surface area contributed by atoms with Crippen LogP contribution in [0.25, 0.3) is 0 Å². The zero-order valence-electron chi connectivity index (χ0n) is 11.8. The molecule has 6 heteroatoms. The Morgan fingerprint density at radius 3 is 2.25 bits per heavy atom. The van der Waals surface area contributed by atoms with Crippen LogP contribution in [0.4, 0.5) is 13.2 Å². The van der Waals surface area contributed by atoms with Crippen LogP contribution in [-0.4, -0.2) is 30.7 Å². The van der Waals surface area contributed by atoms with Crippen molar-refractivity contribution in [2.75, 3.05) is 6.54 Å². The minimum atomic E-state index is -4.19. The van der Waals surface area contributed by atoms with Gasteiger partial charge in [0.15, 0.2) is 0 Å². The summed E-state index contributed by atoms with van der Waals surface area (Å²) in [5, 5.41) is 5.39. The standard InChI is InChI=1S/C14H23F3N2O/c1-9-2-4-10(5-3-9)13(20)19-11-6-7-12(18-8-11)14(15,16)17/h9-12,18H,2-8H2,1H3,(H,19,20). The van der Waals surface area contributed by atoms with E-state index in [1.807, 2.05) is 0 Å². The number of amides is 1. The average molecular weight is 292 g/mol. The summed E-state index contributed by atoms with van der Waals surface area (Å²) in [6, 6.07) is -1.59. The number of alkyl halides is 3. The van der Waals surface area contributed by atoms with E-state index in [-0.39, 0.29) is 30.8 Å². The number of hydrogen-bond donors (Lipinski definition) is 2. The molecule has 2 aliphatic rings. The van der Waals surface area contributed by atoms with Gasteiger partial charge in [-0.3, -0.25) is 4.79 Å². The largest absolute Gasteiger partial charge is 0.403 e. The highest BCUT2D eigenvalue weighted by Crippen LogP contribution is 2.29. The van der Waals surface area contributed by atoms with E-state index < -0.39 is 12.2 Å². The molecule has 1 heterocycles. The van der Waals surface area contributed by atoms with Crippen molar-refractivity contribution < 1.29 is 18.0 Å². The fourth-order valence-electron chi connectivity index (χ4n) is 3.10. The third kappa shape index (κ3) is 4.11. The first-order valence-corrected chi connectivity index (χ1v) is 7.46. The van der Waals surface area contributed by atoms with Gasteiger partial charge in [-0.2, -0.15) is 13.2 Å². The van der Waals surface area contributed by atoms with Crippen molar-refractivity contribution in [3.05, 3.63) is 0 Å². The number of nitrogens with one attached hydrogen (secondary N) is 2. The quantitative estimate of drug-likeness (QED) is 0.821. The van der Waals surface area contributed by atoms with E-state index in [0.29, 0.717) is 12.3 Å². The van der Waals surface area contributed by atoms with Crippen molar-refractivity contribution in [2.45, 2.75) is 63.7 Å². The molecule has 0 aromatic rings. The third-order valence-corrected chi connectivity index (χ3v) is 4.54. The van der Waals surface area contributed by atoms with Crippen LogP contribution in [-0.2, 0) is 4.79 Å². The van der Waals surface area contributed by atoms with E-state index in [9.17, 15) is 18.0 Å². The molecule has 0 spiro atoms. The van der Waals surface area contributed by atoms with Crippen molar-refractivity contribution >= 4 is 5.91 Å². The molecule has 2 fully saturated rings. The summed E-state index contributed by atoms with van der Waals surface area (Å²) >= 11 is 0. The number of carbonyl (C=O) groups is 1. The van der Waals surface area contributed by atoms with Crippen LogP contribution in [0.5, 0.6) is 0 Å². The molecule has 116 valence electrons. The fourth-order valence-corrected chi connectivity index (χ4v) is 3.10. The Bertz CT molecular complexity index is 330. The first kappa shape index (κ1) is 15.6. The highest BCUT2D eigenvalue weighted by molar-refractivity contribution is 5.79. The maximum atomic E-state index is 12.5. The van der Waals surface area contributed by atoms with Crippen molar-refractivity contribution in [3.8, 4) is 0 Å². The molecule has 0 bridgehead atoms. The lowest BCUT2D eigenvalue weighted by Crippen LogP contribution is -2.55. The lowest BCUT2D eigenvalue weighted by molar-refractivity contribution is -0.161. The fraction of sp³-hybridized carbons (Fsp3) is 0.929. The van der Waals surface area contributed by atoms with Gasteiger partial charge in [0.25, 0.3) is 0 Å². The maximum Gasteiger partial charge on any atom is 0.403 e. The summed E-state index contributed by atoms with van der Waals surface area (Å²) in [7, 11) is 0. The van der Waals surface area contributed by atoms with Gasteiger partial charge < -0.3 is 10.6 Å². The van der Waals surface area contributed by atoms with Gasteiger partial charge in [-0.25, -0.2) is 0 Å². The Labute approximate surface area is 117 Å². The van der Waals surface area contributed by atoms with Crippen molar-refractivity contribution in [2.24, 2.45) is 11.8 Å². The highest BCUT2D eigenvalue weighted by Gasteiger charge is 2.41. The lowest BCUT2D eigenvalue weighted by Gasteiger charge is -2.33. The SMILES string of the molecule is CC1CCC(C(=O)NC2CCC(C(F)(F)F)NC2)CC1. The van der Waals surface area contributed by atoms with Gasteiger partial charge in [0.05, 0.1) is 0 Å². The van der Waals surface area contributed by atoms with Crippen molar-refractivity contribution in [3.63, 3.8) is 0 Å². The molecule has 1 aliphatic heterocycles. The molecule has 0 radical (unpaired) electrons. The molecule has 1 saturated carbocycles. The summed E-state index contributed by atoms with van der Waals surface area (Å²) in [6.07, 6.45) is 0.182. The molecule has 3 nitrogen and oxygen atoms in total. The Hall–Kier alpha value is -0.780. The zero-order chi connectivity index (χ0) is 14.8. The average Bonchev–Trinajstić information content (AvgIpc) is 2.39.